The van der Waals surface area contributed by atoms with E-state index in [4.69, 9.17) is 4.74 Å². The smallest absolute Gasteiger partial charge is 0.324 e. The average Bonchev–Trinajstić information content (AvgIpc) is 3.01. The molecule has 3 rings (SSSR count). The van der Waals surface area contributed by atoms with E-state index in [1.807, 2.05) is 0 Å². The summed E-state index contributed by atoms with van der Waals surface area (Å²) in [6.07, 6.45) is 0. The number of urea groups is 1. The molecule has 0 unspecified atom stereocenters. The number of rotatable bonds is 7. The average molecular weight is 385 g/mol. The Hall–Kier alpha value is -3.42. The van der Waals surface area contributed by atoms with Gasteiger partial charge in [0.15, 0.2) is 0 Å². The van der Waals surface area contributed by atoms with Crippen LogP contribution in [0.4, 0.5) is 9.18 Å². The molecule has 8 heteroatoms. The molecule has 0 bridgehead atoms. The van der Waals surface area contributed by atoms with Crippen molar-refractivity contribution < 1.29 is 23.5 Å². The fraction of sp³-hybridized carbons (Fsp3) is 0.250. The summed E-state index contributed by atoms with van der Waals surface area (Å²) in [6.45, 7) is 0.554. The summed E-state index contributed by atoms with van der Waals surface area (Å²) in [5.74, 6) is -0.402. The maximum atomic E-state index is 12.9. The zero-order valence-electron chi connectivity index (χ0n) is 15.4. The van der Waals surface area contributed by atoms with Gasteiger partial charge >= 0.3 is 6.03 Å². The summed E-state index contributed by atoms with van der Waals surface area (Å²) in [5, 5.41) is 2.46. The summed E-state index contributed by atoms with van der Waals surface area (Å²) in [6, 6.07) is 12.0. The molecule has 0 spiro atoms. The van der Waals surface area contributed by atoms with Gasteiger partial charge in [-0.05, 0) is 35.9 Å². The van der Waals surface area contributed by atoms with Crippen LogP contribution in [0.5, 0.6) is 5.75 Å². The van der Waals surface area contributed by atoms with Crippen molar-refractivity contribution in [1.82, 2.24) is 15.1 Å². The molecule has 4 amide bonds. The minimum atomic E-state index is -0.465. The third kappa shape index (κ3) is 4.46. The van der Waals surface area contributed by atoms with Gasteiger partial charge in [0.25, 0.3) is 5.91 Å². The first-order valence-corrected chi connectivity index (χ1v) is 8.75. The first kappa shape index (κ1) is 19.3. The Morgan fingerprint density at radius 3 is 2.57 bits per heavy atom. The molecule has 146 valence electrons. The Morgan fingerprint density at radius 1 is 1.18 bits per heavy atom. The first-order valence-electron chi connectivity index (χ1n) is 8.75. The number of likely N-dealkylation sites (N-methyl/N-ethyl adjacent to an activating group) is 1. The molecule has 0 atom stereocenters. The number of benzene rings is 2. The molecule has 7 nitrogen and oxygen atoms in total. The molecular formula is C20H20FN3O4. The zero-order chi connectivity index (χ0) is 20.1. The Labute approximate surface area is 161 Å². The molecule has 0 radical (unpaired) electrons. The molecule has 1 aliphatic rings. The Morgan fingerprint density at radius 2 is 1.89 bits per heavy atom. The number of ether oxygens (including phenoxy) is 1. The topological polar surface area (TPSA) is 79.0 Å². The van der Waals surface area contributed by atoms with E-state index in [1.54, 1.807) is 31.3 Å². The Bertz CT molecular complexity index is 869. The SMILES string of the molecule is CN(CCOc1ccc(F)cc1)C(=O)c1ccccc1CN1C(=O)CNC1=O. The van der Waals surface area contributed by atoms with E-state index >= 15 is 0 Å². The summed E-state index contributed by atoms with van der Waals surface area (Å²) >= 11 is 0. The van der Waals surface area contributed by atoms with Crippen LogP contribution in [0.1, 0.15) is 15.9 Å². The fourth-order valence-electron chi connectivity index (χ4n) is 2.79. The number of nitrogens with zero attached hydrogens (tertiary/aromatic N) is 2. The maximum Gasteiger partial charge on any atom is 0.324 e. The summed E-state index contributed by atoms with van der Waals surface area (Å²) in [4.78, 5) is 39.0. The largest absolute Gasteiger partial charge is 0.492 e. The fourth-order valence-corrected chi connectivity index (χ4v) is 2.79. The lowest BCUT2D eigenvalue weighted by Gasteiger charge is -2.20. The summed E-state index contributed by atoms with van der Waals surface area (Å²) in [5.41, 5.74) is 1.00. The van der Waals surface area contributed by atoms with Crippen LogP contribution in [-0.2, 0) is 11.3 Å². The van der Waals surface area contributed by atoms with Crippen LogP contribution in [0.25, 0.3) is 0 Å². The Balaban J connectivity index is 1.62. The molecule has 0 aromatic heterocycles. The van der Waals surface area contributed by atoms with E-state index in [-0.39, 0.29) is 37.3 Å². The number of amides is 4. The predicted octanol–water partition coefficient (Wildman–Crippen LogP) is 2.03. The van der Waals surface area contributed by atoms with Gasteiger partial charge in [-0.1, -0.05) is 18.2 Å². The molecule has 28 heavy (non-hydrogen) atoms. The van der Waals surface area contributed by atoms with Gasteiger partial charge in [0.2, 0.25) is 5.91 Å². The van der Waals surface area contributed by atoms with E-state index in [0.717, 1.165) is 4.90 Å². The number of hydrogen-bond acceptors (Lipinski definition) is 4. The predicted molar refractivity (Wildman–Crippen MR) is 99.2 cm³/mol. The third-order valence-corrected chi connectivity index (χ3v) is 4.37. The van der Waals surface area contributed by atoms with Crippen molar-refractivity contribution in [1.29, 1.82) is 0 Å². The van der Waals surface area contributed by atoms with Crippen LogP contribution in [0.15, 0.2) is 48.5 Å². The van der Waals surface area contributed by atoms with Gasteiger partial charge in [0, 0.05) is 12.6 Å². The number of imide groups is 1. The van der Waals surface area contributed by atoms with Gasteiger partial charge in [-0.15, -0.1) is 0 Å². The highest BCUT2D eigenvalue weighted by atomic mass is 19.1. The van der Waals surface area contributed by atoms with Crippen molar-refractivity contribution >= 4 is 17.8 Å². The van der Waals surface area contributed by atoms with Gasteiger partial charge < -0.3 is 15.0 Å². The van der Waals surface area contributed by atoms with Gasteiger partial charge in [0.05, 0.1) is 19.6 Å². The van der Waals surface area contributed by atoms with Crippen molar-refractivity contribution in [2.45, 2.75) is 6.54 Å². The summed E-state index contributed by atoms with van der Waals surface area (Å²) in [7, 11) is 1.64. The minimum absolute atomic E-state index is 0.0322. The molecule has 1 N–H and O–H groups in total. The monoisotopic (exact) mass is 385 g/mol. The second-order valence-corrected chi connectivity index (χ2v) is 6.32. The second-order valence-electron chi connectivity index (χ2n) is 6.32. The molecule has 0 saturated carbocycles. The molecule has 2 aromatic carbocycles. The molecule has 1 fully saturated rings. The van der Waals surface area contributed by atoms with Crippen LogP contribution < -0.4 is 10.1 Å². The van der Waals surface area contributed by atoms with Crippen molar-refractivity contribution in [2.75, 3.05) is 26.7 Å². The number of carbonyl (C=O) groups excluding carboxylic acids is 3. The van der Waals surface area contributed by atoms with Gasteiger partial charge in [-0.25, -0.2) is 9.18 Å². The molecular weight excluding hydrogens is 365 g/mol. The molecule has 0 aliphatic carbocycles. The van der Waals surface area contributed by atoms with E-state index in [9.17, 15) is 18.8 Å². The van der Waals surface area contributed by atoms with Crippen LogP contribution >= 0.6 is 0 Å². The highest BCUT2D eigenvalue weighted by molar-refractivity contribution is 6.02. The highest BCUT2D eigenvalue weighted by Crippen LogP contribution is 2.16. The van der Waals surface area contributed by atoms with E-state index < -0.39 is 6.03 Å². The second kappa shape index (κ2) is 8.51. The lowest BCUT2D eigenvalue weighted by atomic mass is 10.1. The van der Waals surface area contributed by atoms with E-state index in [1.165, 1.54) is 29.2 Å². The standard InChI is InChI=1S/C20H20FN3O4/c1-23(10-11-28-16-8-6-15(21)7-9-16)19(26)17-5-3-2-4-14(17)13-24-18(25)12-22-20(24)27/h2-9H,10-13H2,1H3,(H,22,27). The van der Waals surface area contributed by atoms with Crippen LogP contribution in [0.2, 0.25) is 0 Å². The Kier molecular flexibility index (Phi) is 5.88. The van der Waals surface area contributed by atoms with Crippen molar-refractivity contribution in [3.8, 4) is 5.75 Å². The molecule has 1 aliphatic heterocycles. The van der Waals surface area contributed by atoms with Crippen LogP contribution in [0, 0.1) is 5.82 Å². The number of hydrogen-bond donors (Lipinski definition) is 1. The van der Waals surface area contributed by atoms with Gasteiger partial charge in [-0.2, -0.15) is 0 Å². The highest BCUT2D eigenvalue weighted by Gasteiger charge is 2.29. The lowest BCUT2D eigenvalue weighted by molar-refractivity contribution is -0.125. The van der Waals surface area contributed by atoms with Crippen molar-refractivity contribution in [3.05, 3.63) is 65.5 Å². The molecule has 2 aromatic rings. The van der Waals surface area contributed by atoms with Gasteiger partial charge in [-0.3, -0.25) is 14.5 Å². The normalized spacial score (nSPS) is 13.4. The molecule has 1 saturated heterocycles. The molecule has 1 heterocycles. The number of halogens is 1. The van der Waals surface area contributed by atoms with Crippen molar-refractivity contribution in [3.63, 3.8) is 0 Å². The van der Waals surface area contributed by atoms with E-state index in [2.05, 4.69) is 5.32 Å². The third-order valence-electron chi connectivity index (χ3n) is 4.37. The maximum absolute atomic E-state index is 12.9. The number of carbonyl (C=O) groups is 3. The minimum Gasteiger partial charge on any atom is -0.492 e. The first-order chi connectivity index (χ1) is 13.5. The number of nitrogens with one attached hydrogen (secondary N) is 1. The van der Waals surface area contributed by atoms with Crippen LogP contribution in [0.3, 0.4) is 0 Å². The summed E-state index contributed by atoms with van der Waals surface area (Å²) < 4.78 is 18.4. The van der Waals surface area contributed by atoms with Crippen molar-refractivity contribution in [2.24, 2.45) is 0 Å². The quantitative estimate of drug-likeness (QED) is 0.740. The zero-order valence-corrected chi connectivity index (χ0v) is 15.4. The lowest BCUT2D eigenvalue weighted by Crippen LogP contribution is -2.34. The van der Waals surface area contributed by atoms with Crippen LogP contribution in [-0.4, -0.2) is 54.4 Å². The van der Waals surface area contributed by atoms with E-state index in [0.29, 0.717) is 23.4 Å². The van der Waals surface area contributed by atoms with Gasteiger partial charge in [0.1, 0.15) is 18.2 Å².